The van der Waals surface area contributed by atoms with Crippen LogP contribution in [0.3, 0.4) is 0 Å². The van der Waals surface area contributed by atoms with Gasteiger partial charge in [-0.05, 0) is 42.6 Å². The van der Waals surface area contributed by atoms with Crippen molar-refractivity contribution in [2.24, 2.45) is 0 Å². The quantitative estimate of drug-likeness (QED) is 0.538. The van der Waals surface area contributed by atoms with Gasteiger partial charge >= 0.3 is 5.97 Å². The normalized spacial score (nSPS) is 10.5. The maximum absolute atomic E-state index is 12.2. The van der Waals surface area contributed by atoms with E-state index in [0.717, 1.165) is 5.39 Å². The lowest BCUT2D eigenvalue weighted by Gasteiger charge is -2.08. The molecular weight excluding hydrogens is 332 g/mol. The lowest BCUT2D eigenvalue weighted by atomic mass is 10.1. The number of ether oxygens (including phenoxy) is 2. The molecule has 0 atom stereocenters. The first kappa shape index (κ1) is 17.5. The largest absolute Gasteiger partial charge is 0.506 e. The lowest BCUT2D eigenvalue weighted by Crippen LogP contribution is -2.14. The van der Waals surface area contributed by atoms with Crippen molar-refractivity contribution >= 4 is 22.5 Å². The topological polar surface area (TPSA) is 72.8 Å². The molecule has 0 aliphatic heterocycles. The van der Waals surface area contributed by atoms with Crippen LogP contribution in [-0.2, 0) is 4.74 Å². The van der Waals surface area contributed by atoms with Crippen LogP contribution in [0.15, 0.2) is 60.7 Å². The van der Waals surface area contributed by atoms with E-state index in [1.54, 1.807) is 42.5 Å². The van der Waals surface area contributed by atoms with Gasteiger partial charge in [0.1, 0.15) is 17.1 Å². The molecule has 132 valence electrons. The van der Waals surface area contributed by atoms with Gasteiger partial charge in [0, 0.05) is 10.9 Å². The molecule has 0 bridgehead atoms. The first-order valence-corrected chi connectivity index (χ1v) is 8.24. The number of Topliss-reactive ketones (excluding diaryl/α,β-unsaturated/α-hetero) is 1. The van der Waals surface area contributed by atoms with Crippen molar-refractivity contribution in [2.75, 3.05) is 13.2 Å². The zero-order valence-corrected chi connectivity index (χ0v) is 14.3. The fraction of sp³-hybridized carbons (Fsp3) is 0.143. The minimum atomic E-state index is -0.743. The van der Waals surface area contributed by atoms with E-state index in [2.05, 4.69) is 0 Å². The zero-order chi connectivity index (χ0) is 18.5. The molecule has 0 heterocycles. The summed E-state index contributed by atoms with van der Waals surface area (Å²) in [5.74, 6) is -0.557. The maximum atomic E-state index is 12.2. The molecule has 0 fully saturated rings. The number of carbonyl (C=O) groups excluding carboxylic acids is 2. The summed E-state index contributed by atoms with van der Waals surface area (Å²) in [5.41, 5.74) is 0.451. The highest BCUT2D eigenvalue weighted by Gasteiger charge is 2.17. The molecule has 0 saturated heterocycles. The van der Waals surface area contributed by atoms with E-state index in [0.29, 0.717) is 23.3 Å². The fourth-order valence-corrected chi connectivity index (χ4v) is 2.62. The van der Waals surface area contributed by atoms with Gasteiger partial charge in [-0.25, -0.2) is 4.79 Å². The number of carbonyl (C=O) groups is 2. The van der Waals surface area contributed by atoms with Crippen LogP contribution in [-0.4, -0.2) is 30.1 Å². The summed E-state index contributed by atoms with van der Waals surface area (Å²) in [6, 6.07) is 17.0. The monoisotopic (exact) mass is 350 g/mol. The Balaban J connectivity index is 1.68. The van der Waals surface area contributed by atoms with Crippen molar-refractivity contribution in [3.8, 4) is 11.5 Å². The molecule has 0 radical (unpaired) electrons. The highest BCUT2D eigenvalue weighted by atomic mass is 16.5. The summed E-state index contributed by atoms with van der Waals surface area (Å²) in [5, 5.41) is 11.7. The van der Waals surface area contributed by atoms with E-state index in [-0.39, 0.29) is 17.1 Å². The highest BCUT2D eigenvalue weighted by Crippen LogP contribution is 2.29. The lowest BCUT2D eigenvalue weighted by molar-refractivity contribution is 0.0472. The average molecular weight is 350 g/mol. The highest BCUT2D eigenvalue weighted by molar-refractivity contribution is 6.03. The number of esters is 1. The van der Waals surface area contributed by atoms with E-state index in [1.807, 2.05) is 19.1 Å². The summed E-state index contributed by atoms with van der Waals surface area (Å²) in [6.45, 7) is 2.01. The number of hydrogen-bond acceptors (Lipinski definition) is 5. The first-order valence-electron chi connectivity index (χ1n) is 8.24. The molecule has 3 aromatic carbocycles. The van der Waals surface area contributed by atoms with Crippen LogP contribution in [0, 0.1) is 0 Å². The summed E-state index contributed by atoms with van der Waals surface area (Å²) in [4.78, 5) is 24.4. The molecule has 0 aliphatic carbocycles. The van der Waals surface area contributed by atoms with Crippen LogP contribution in [0.25, 0.3) is 10.8 Å². The number of phenolic OH excluding ortho intramolecular Hbond substituents is 1. The predicted molar refractivity (Wildman–Crippen MR) is 97.8 cm³/mol. The Morgan fingerprint density at radius 3 is 2.42 bits per heavy atom. The minimum Gasteiger partial charge on any atom is -0.506 e. The van der Waals surface area contributed by atoms with Gasteiger partial charge in [-0.1, -0.05) is 30.3 Å². The van der Waals surface area contributed by atoms with Gasteiger partial charge < -0.3 is 14.6 Å². The molecule has 0 amide bonds. The Labute approximate surface area is 150 Å². The van der Waals surface area contributed by atoms with Gasteiger partial charge in [-0.15, -0.1) is 0 Å². The third-order valence-corrected chi connectivity index (χ3v) is 3.94. The molecule has 26 heavy (non-hydrogen) atoms. The first-order chi connectivity index (χ1) is 12.6. The van der Waals surface area contributed by atoms with E-state index >= 15 is 0 Å². The van der Waals surface area contributed by atoms with E-state index < -0.39 is 12.6 Å². The number of phenols is 1. The van der Waals surface area contributed by atoms with E-state index in [1.165, 1.54) is 6.07 Å². The van der Waals surface area contributed by atoms with Gasteiger partial charge in [0.15, 0.2) is 12.4 Å². The summed E-state index contributed by atoms with van der Waals surface area (Å²) in [6.07, 6.45) is 0. The van der Waals surface area contributed by atoms with Crippen LogP contribution in [0.1, 0.15) is 27.6 Å². The van der Waals surface area contributed by atoms with Crippen LogP contribution in [0.4, 0.5) is 0 Å². The van der Waals surface area contributed by atoms with Gasteiger partial charge in [0.2, 0.25) is 0 Å². The zero-order valence-electron chi connectivity index (χ0n) is 14.3. The van der Waals surface area contributed by atoms with Crippen molar-refractivity contribution in [1.29, 1.82) is 0 Å². The van der Waals surface area contributed by atoms with Crippen LogP contribution in [0.5, 0.6) is 11.5 Å². The second-order valence-corrected chi connectivity index (χ2v) is 5.64. The molecule has 5 nitrogen and oxygen atoms in total. The van der Waals surface area contributed by atoms with Crippen LogP contribution in [0.2, 0.25) is 0 Å². The van der Waals surface area contributed by atoms with Crippen molar-refractivity contribution in [1.82, 2.24) is 0 Å². The SMILES string of the molecule is CCOc1ccc(C(=O)COC(=O)c2ccc3ccccc3c2O)cc1. The third-order valence-electron chi connectivity index (χ3n) is 3.94. The smallest absolute Gasteiger partial charge is 0.342 e. The van der Waals surface area contributed by atoms with Crippen molar-refractivity contribution in [3.63, 3.8) is 0 Å². The molecule has 0 saturated carbocycles. The third kappa shape index (κ3) is 3.67. The Bertz CT molecular complexity index is 944. The van der Waals surface area contributed by atoms with Crippen molar-refractivity contribution in [3.05, 3.63) is 71.8 Å². The van der Waals surface area contributed by atoms with Crippen molar-refractivity contribution in [2.45, 2.75) is 6.92 Å². The number of aromatic hydroxyl groups is 1. The van der Waals surface area contributed by atoms with Crippen LogP contribution >= 0.6 is 0 Å². The molecule has 0 aliphatic rings. The molecule has 0 aromatic heterocycles. The maximum Gasteiger partial charge on any atom is 0.342 e. The summed E-state index contributed by atoms with van der Waals surface area (Å²) < 4.78 is 10.4. The average Bonchev–Trinajstić information content (AvgIpc) is 2.67. The second kappa shape index (κ2) is 7.70. The fourth-order valence-electron chi connectivity index (χ4n) is 2.62. The number of rotatable bonds is 6. The number of benzene rings is 3. The van der Waals surface area contributed by atoms with Gasteiger partial charge in [0.25, 0.3) is 0 Å². The van der Waals surface area contributed by atoms with Crippen molar-refractivity contribution < 1.29 is 24.2 Å². The molecule has 3 aromatic rings. The molecular formula is C21H18O5. The summed E-state index contributed by atoms with van der Waals surface area (Å²) in [7, 11) is 0. The second-order valence-electron chi connectivity index (χ2n) is 5.64. The number of ketones is 1. The predicted octanol–water partition coefficient (Wildman–Crippen LogP) is 3.98. The van der Waals surface area contributed by atoms with Gasteiger partial charge in [0.05, 0.1) is 6.61 Å². The van der Waals surface area contributed by atoms with E-state index in [4.69, 9.17) is 9.47 Å². The van der Waals surface area contributed by atoms with Crippen LogP contribution < -0.4 is 4.74 Å². The Morgan fingerprint density at radius 2 is 1.69 bits per heavy atom. The Kier molecular flexibility index (Phi) is 5.17. The van der Waals surface area contributed by atoms with E-state index in [9.17, 15) is 14.7 Å². The minimum absolute atomic E-state index is 0.0307. The number of hydrogen-bond donors (Lipinski definition) is 1. The molecule has 0 unspecified atom stereocenters. The number of fused-ring (bicyclic) bond motifs is 1. The summed E-state index contributed by atoms with van der Waals surface area (Å²) >= 11 is 0. The molecule has 1 N–H and O–H groups in total. The standard InChI is InChI=1S/C21H18O5/c1-2-25-16-10-7-15(8-11-16)19(22)13-26-21(24)18-12-9-14-5-3-4-6-17(14)20(18)23/h3-12,23H,2,13H2,1H3. The van der Waals surface area contributed by atoms with Gasteiger partial charge in [-0.2, -0.15) is 0 Å². The molecule has 3 rings (SSSR count). The Hall–Kier alpha value is -3.34. The Morgan fingerprint density at radius 1 is 0.962 bits per heavy atom. The molecule has 5 heteroatoms. The molecule has 0 spiro atoms. The van der Waals surface area contributed by atoms with Gasteiger partial charge in [-0.3, -0.25) is 4.79 Å².